The number of aromatic nitrogens is 2. The number of sulfonamides is 1. The summed E-state index contributed by atoms with van der Waals surface area (Å²) < 4.78 is 28.6. The van der Waals surface area contributed by atoms with E-state index in [1.165, 1.54) is 16.4 Å². The SMILES string of the molecule is Cc1cc(NC(=O)C2CCCN(S(=O)(=O)c3ccc(Cl)cc3)C2)n(C)n1. The number of hydrogen-bond acceptors (Lipinski definition) is 4. The smallest absolute Gasteiger partial charge is 0.243 e. The second-order valence-corrected chi connectivity index (χ2v) is 8.81. The maximum Gasteiger partial charge on any atom is 0.243 e. The van der Waals surface area contributed by atoms with Crippen LogP contribution in [-0.2, 0) is 21.9 Å². The summed E-state index contributed by atoms with van der Waals surface area (Å²) in [6.45, 7) is 2.41. The van der Waals surface area contributed by atoms with Crippen LogP contribution < -0.4 is 5.32 Å². The first kappa shape index (κ1) is 18.9. The number of nitrogens with one attached hydrogen (secondary N) is 1. The molecule has 2 aromatic rings. The van der Waals surface area contributed by atoms with Gasteiger partial charge >= 0.3 is 0 Å². The summed E-state index contributed by atoms with van der Waals surface area (Å²) in [5.74, 6) is 0.00946. The Morgan fingerprint density at radius 1 is 1.31 bits per heavy atom. The highest BCUT2D eigenvalue weighted by Crippen LogP contribution is 2.25. The summed E-state index contributed by atoms with van der Waals surface area (Å²) in [5.41, 5.74) is 0.804. The Hall–Kier alpha value is -1.90. The van der Waals surface area contributed by atoms with Crippen molar-refractivity contribution in [3.05, 3.63) is 41.0 Å². The topological polar surface area (TPSA) is 84.3 Å². The second-order valence-electron chi connectivity index (χ2n) is 6.44. The van der Waals surface area contributed by atoms with Gasteiger partial charge in [0.1, 0.15) is 5.82 Å². The van der Waals surface area contributed by atoms with Crippen molar-refractivity contribution in [2.45, 2.75) is 24.7 Å². The van der Waals surface area contributed by atoms with Crippen molar-refractivity contribution in [3.8, 4) is 0 Å². The zero-order valence-corrected chi connectivity index (χ0v) is 16.2. The highest BCUT2D eigenvalue weighted by atomic mass is 35.5. The summed E-state index contributed by atoms with van der Waals surface area (Å²) in [6, 6.07) is 7.85. The van der Waals surface area contributed by atoms with Crippen LogP contribution in [0.4, 0.5) is 5.82 Å². The van der Waals surface area contributed by atoms with Gasteiger partial charge < -0.3 is 5.32 Å². The minimum Gasteiger partial charge on any atom is -0.311 e. The lowest BCUT2D eigenvalue weighted by Gasteiger charge is -2.31. The van der Waals surface area contributed by atoms with E-state index in [4.69, 9.17) is 11.6 Å². The maximum atomic E-state index is 12.8. The lowest BCUT2D eigenvalue weighted by atomic mass is 9.99. The van der Waals surface area contributed by atoms with Crippen LogP contribution in [0.1, 0.15) is 18.5 Å². The van der Waals surface area contributed by atoms with E-state index in [1.807, 2.05) is 6.92 Å². The fraction of sp³-hybridized carbons (Fsp3) is 0.412. The van der Waals surface area contributed by atoms with E-state index in [0.29, 0.717) is 30.2 Å². The number of halogens is 1. The number of carbonyl (C=O) groups is 1. The lowest BCUT2D eigenvalue weighted by Crippen LogP contribution is -2.43. The monoisotopic (exact) mass is 396 g/mol. The standard InChI is InChI=1S/C17H21ClN4O3S/c1-12-10-16(21(2)20-12)19-17(23)13-4-3-9-22(11-13)26(24,25)15-7-5-14(18)6-8-15/h5-8,10,13H,3-4,9,11H2,1-2H3,(H,19,23). The van der Waals surface area contributed by atoms with Crippen molar-refractivity contribution >= 4 is 33.3 Å². The number of rotatable bonds is 4. The van der Waals surface area contributed by atoms with E-state index in [0.717, 1.165) is 5.69 Å². The Balaban J connectivity index is 1.73. The quantitative estimate of drug-likeness (QED) is 0.860. The van der Waals surface area contributed by atoms with Crippen LogP contribution in [0.3, 0.4) is 0 Å². The average molecular weight is 397 g/mol. The van der Waals surface area contributed by atoms with Crippen molar-refractivity contribution < 1.29 is 13.2 Å². The first-order chi connectivity index (χ1) is 12.3. The molecule has 0 saturated carbocycles. The van der Waals surface area contributed by atoms with Crippen LogP contribution in [0.15, 0.2) is 35.2 Å². The molecule has 0 aliphatic carbocycles. The number of benzene rings is 1. The van der Waals surface area contributed by atoms with Crippen molar-refractivity contribution in [3.63, 3.8) is 0 Å². The molecule has 26 heavy (non-hydrogen) atoms. The second kappa shape index (κ2) is 7.38. The van der Waals surface area contributed by atoms with Crippen molar-refractivity contribution in [1.82, 2.24) is 14.1 Å². The maximum absolute atomic E-state index is 12.8. The Morgan fingerprint density at radius 2 is 2.00 bits per heavy atom. The molecule has 2 heterocycles. The zero-order chi connectivity index (χ0) is 18.9. The van der Waals surface area contributed by atoms with Crippen LogP contribution in [0, 0.1) is 12.8 Å². The van der Waals surface area contributed by atoms with Gasteiger partial charge in [-0.3, -0.25) is 9.48 Å². The number of anilines is 1. The zero-order valence-electron chi connectivity index (χ0n) is 14.6. The van der Waals surface area contributed by atoms with Gasteiger partial charge in [0.05, 0.1) is 16.5 Å². The molecule has 1 aliphatic heterocycles. The highest BCUT2D eigenvalue weighted by Gasteiger charge is 2.33. The van der Waals surface area contributed by atoms with Crippen molar-refractivity contribution in [1.29, 1.82) is 0 Å². The summed E-state index contributed by atoms with van der Waals surface area (Å²) in [7, 11) is -1.89. The fourth-order valence-corrected chi connectivity index (χ4v) is 4.74. The van der Waals surface area contributed by atoms with Gasteiger partial charge in [-0.15, -0.1) is 0 Å². The molecule has 1 amide bonds. The van der Waals surface area contributed by atoms with Crippen molar-refractivity contribution in [2.75, 3.05) is 18.4 Å². The van der Waals surface area contributed by atoms with E-state index >= 15 is 0 Å². The Bertz CT molecular complexity index is 909. The van der Waals surface area contributed by atoms with E-state index in [-0.39, 0.29) is 17.3 Å². The molecule has 1 fully saturated rings. The molecule has 0 radical (unpaired) electrons. The normalized spacial score (nSPS) is 18.7. The fourth-order valence-electron chi connectivity index (χ4n) is 3.09. The van der Waals surface area contributed by atoms with Crippen LogP contribution in [-0.4, -0.2) is 41.5 Å². The van der Waals surface area contributed by atoms with Gasteiger partial charge in [0.2, 0.25) is 15.9 Å². The first-order valence-corrected chi connectivity index (χ1v) is 10.2. The Morgan fingerprint density at radius 3 is 2.62 bits per heavy atom. The summed E-state index contributed by atoms with van der Waals surface area (Å²) >= 11 is 5.84. The molecule has 1 unspecified atom stereocenters. The summed E-state index contributed by atoms with van der Waals surface area (Å²) in [5, 5.41) is 7.52. The van der Waals surface area contributed by atoms with Gasteiger partial charge in [-0.05, 0) is 44.0 Å². The number of aryl methyl sites for hydroxylation is 2. The van der Waals surface area contributed by atoms with Crippen LogP contribution in [0.5, 0.6) is 0 Å². The molecule has 7 nitrogen and oxygen atoms in total. The predicted octanol–water partition coefficient (Wildman–Crippen LogP) is 2.42. The molecule has 1 saturated heterocycles. The number of carbonyl (C=O) groups excluding carboxylic acids is 1. The molecule has 140 valence electrons. The summed E-state index contributed by atoms with van der Waals surface area (Å²) in [4.78, 5) is 12.8. The molecule has 1 atom stereocenters. The van der Waals surface area contributed by atoms with Crippen LogP contribution in [0.2, 0.25) is 5.02 Å². The minimum atomic E-state index is -3.64. The largest absolute Gasteiger partial charge is 0.311 e. The van der Waals surface area contributed by atoms with Crippen LogP contribution in [0.25, 0.3) is 0 Å². The number of nitrogens with zero attached hydrogens (tertiary/aromatic N) is 3. The molecule has 3 rings (SSSR count). The predicted molar refractivity (Wildman–Crippen MR) is 99.5 cm³/mol. The molecule has 1 aliphatic rings. The highest BCUT2D eigenvalue weighted by molar-refractivity contribution is 7.89. The molecule has 0 bridgehead atoms. The van der Waals surface area contributed by atoms with Crippen molar-refractivity contribution in [2.24, 2.45) is 13.0 Å². The third kappa shape index (κ3) is 3.92. The average Bonchev–Trinajstić information content (AvgIpc) is 2.92. The first-order valence-electron chi connectivity index (χ1n) is 8.34. The van der Waals surface area contributed by atoms with Gasteiger partial charge in [-0.25, -0.2) is 8.42 Å². The van der Waals surface area contributed by atoms with E-state index in [2.05, 4.69) is 10.4 Å². The summed E-state index contributed by atoms with van der Waals surface area (Å²) in [6.07, 6.45) is 1.28. The van der Waals surface area contributed by atoms with E-state index in [9.17, 15) is 13.2 Å². The van der Waals surface area contributed by atoms with Gasteiger partial charge in [0.25, 0.3) is 0 Å². The third-order valence-corrected chi connectivity index (χ3v) is 6.59. The Kier molecular flexibility index (Phi) is 5.36. The van der Waals surface area contributed by atoms with E-state index in [1.54, 1.807) is 29.9 Å². The van der Waals surface area contributed by atoms with Gasteiger partial charge in [-0.1, -0.05) is 11.6 Å². The molecular weight excluding hydrogens is 376 g/mol. The van der Waals surface area contributed by atoms with E-state index < -0.39 is 15.9 Å². The molecule has 0 spiro atoms. The van der Waals surface area contributed by atoms with Crippen LogP contribution >= 0.6 is 11.6 Å². The molecular formula is C17H21ClN4O3S. The third-order valence-electron chi connectivity index (χ3n) is 4.46. The minimum absolute atomic E-state index is 0.160. The molecule has 1 aromatic carbocycles. The number of amides is 1. The van der Waals surface area contributed by atoms with Gasteiger partial charge in [0, 0.05) is 31.2 Å². The molecule has 9 heteroatoms. The molecule has 1 N–H and O–H groups in total. The Labute approximate surface area is 158 Å². The molecule has 1 aromatic heterocycles. The number of hydrogen-bond donors (Lipinski definition) is 1. The lowest BCUT2D eigenvalue weighted by molar-refractivity contribution is -0.120. The van der Waals surface area contributed by atoms with Gasteiger partial charge in [-0.2, -0.15) is 9.40 Å². The number of piperidine rings is 1. The van der Waals surface area contributed by atoms with Gasteiger partial charge in [0.15, 0.2) is 0 Å².